The van der Waals surface area contributed by atoms with Gasteiger partial charge in [-0.25, -0.2) is 4.79 Å². The van der Waals surface area contributed by atoms with Crippen molar-refractivity contribution in [3.05, 3.63) is 22.7 Å². The van der Waals surface area contributed by atoms with Crippen LogP contribution >= 0.6 is 11.6 Å². The number of phenols is 1. The molecule has 0 fully saturated rings. The van der Waals surface area contributed by atoms with Crippen LogP contribution in [0.1, 0.15) is 10.4 Å². The summed E-state index contributed by atoms with van der Waals surface area (Å²) in [6, 6.07) is 2.30. The Hall–Kier alpha value is -1.42. The molecule has 0 aliphatic carbocycles. The number of halogens is 1. The smallest absolute Gasteiger partial charge is 0.339 e. The zero-order valence-corrected chi connectivity index (χ0v) is 7.50. The van der Waals surface area contributed by atoms with Crippen LogP contribution in [-0.4, -0.2) is 23.3 Å². The Labute approximate surface area is 79.3 Å². The maximum absolute atomic E-state index is 10.5. The standard InChI is InChI=1S/C8H7ClO4/c1-13-7-3-6(10)4(8(11)12)2-5(7)9/h2-3,10H,1H3,(H,11,12). The van der Waals surface area contributed by atoms with Crippen LogP contribution in [0.4, 0.5) is 0 Å². The lowest BCUT2D eigenvalue weighted by atomic mass is 10.2. The van der Waals surface area contributed by atoms with E-state index in [1.807, 2.05) is 0 Å². The highest BCUT2D eigenvalue weighted by atomic mass is 35.5. The summed E-state index contributed by atoms with van der Waals surface area (Å²) in [6.45, 7) is 0. The number of carbonyl (C=O) groups is 1. The molecule has 0 unspecified atom stereocenters. The summed E-state index contributed by atoms with van der Waals surface area (Å²) in [5.74, 6) is -1.36. The number of aromatic carboxylic acids is 1. The van der Waals surface area contributed by atoms with Crippen molar-refractivity contribution in [1.29, 1.82) is 0 Å². The topological polar surface area (TPSA) is 66.8 Å². The molecule has 1 rings (SSSR count). The van der Waals surface area contributed by atoms with Gasteiger partial charge in [0.05, 0.1) is 12.1 Å². The molecular formula is C8H7ClO4. The highest BCUT2D eigenvalue weighted by Crippen LogP contribution is 2.31. The minimum atomic E-state index is -1.23. The highest BCUT2D eigenvalue weighted by molar-refractivity contribution is 6.32. The van der Waals surface area contributed by atoms with E-state index in [2.05, 4.69) is 0 Å². The first-order valence-electron chi connectivity index (χ1n) is 3.36. The van der Waals surface area contributed by atoms with E-state index in [1.54, 1.807) is 0 Å². The minimum Gasteiger partial charge on any atom is -0.507 e. The third-order valence-corrected chi connectivity index (χ3v) is 1.80. The maximum atomic E-state index is 10.5. The van der Waals surface area contributed by atoms with Gasteiger partial charge in [0, 0.05) is 6.07 Å². The lowest BCUT2D eigenvalue weighted by Crippen LogP contribution is -1.97. The van der Waals surface area contributed by atoms with Crippen molar-refractivity contribution in [2.45, 2.75) is 0 Å². The molecule has 2 N–H and O–H groups in total. The van der Waals surface area contributed by atoms with Crippen molar-refractivity contribution in [3.8, 4) is 11.5 Å². The van der Waals surface area contributed by atoms with Crippen LogP contribution in [0.25, 0.3) is 0 Å². The number of hydrogen-bond acceptors (Lipinski definition) is 3. The van der Waals surface area contributed by atoms with E-state index in [4.69, 9.17) is 21.4 Å². The molecule has 0 bridgehead atoms. The SMILES string of the molecule is COc1cc(O)c(C(=O)O)cc1Cl. The van der Waals surface area contributed by atoms with Gasteiger partial charge in [-0.1, -0.05) is 11.6 Å². The molecule has 0 atom stereocenters. The van der Waals surface area contributed by atoms with Crippen LogP contribution in [0, 0.1) is 0 Å². The number of aromatic hydroxyl groups is 1. The molecule has 70 valence electrons. The first kappa shape index (κ1) is 9.67. The molecule has 0 aliphatic rings. The first-order chi connectivity index (χ1) is 6.06. The predicted octanol–water partition coefficient (Wildman–Crippen LogP) is 1.75. The third kappa shape index (κ3) is 1.84. The monoisotopic (exact) mass is 202 g/mol. The Balaban J connectivity index is 3.28. The number of hydrogen-bond donors (Lipinski definition) is 2. The minimum absolute atomic E-state index is 0.151. The fourth-order valence-electron chi connectivity index (χ4n) is 0.870. The second-order valence-corrected chi connectivity index (χ2v) is 2.72. The number of ether oxygens (including phenoxy) is 1. The van der Waals surface area contributed by atoms with Gasteiger partial charge in [-0.05, 0) is 6.07 Å². The van der Waals surface area contributed by atoms with Gasteiger partial charge in [-0.3, -0.25) is 0 Å². The van der Waals surface area contributed by atoms with E-state index < -0.39 is 5.97 Å². The Morgan fingerprint density at radius 2 is 2.15 bits per heavy atom. The largest absolute Gasteiger partial charge is 0.507 e. The first-order valence-corrected chi connectivity index (χ1v) is 3.74. The Morgan fingerprint density at radius 3 is 2.62 bits per heavy atom. The maximum Gasteiger partial charge on any atom is 0.339 e. The van der Waals surface area contributed by atoms with Gasteiger partial charge in [0.2, 0.25) is 0 Å². The van der Waals surface area contributed by atoms with Gasteiger partial charge in [0.15, 0.2) is 0 Å². The van der Waals surface area contributed by atoms with Gasteiger partial charge >= 0.3 is 5.97 Å². The van der Waals surface area contributed by atoms with Gasteiger partial charge in [-0.15, -0.1) is 0 Å². The van der Waals surface area contributed by atoms with E-state index in [9.17, 15) is 9.90 Å². The summed E-state index contributed by atoms with van der Waals surface area (Å²) in [5, 5.41) is 17.9. The third-order valence-electron chi connectivity index (χ3n) is 1.50. The van der Waals surface area contributed by atoms with Gasteiger partial charge < -0.3 is 14.9 Å². The second-order valence-electron chi connectivity index (χ2n) is 2.31. The molecule has 0 heterocycles. The molecule has 1 aromatic carbocycles. The Morgan fingerprint density at radius 1 is 1.54 bits per heavy atom. The van der Waals surface area contributed by atoms with Crippen LogP contribution in [0.5, 0.6) is 11.5 Å². The van der Waals surface area contributed by atoms with Crippen molar-refractivity contribution in [1.82, 2.24) is 0 Å². The van der Waals surface area contributed by atoms with Crippen LogP contribution in [0.15, 0.2) is 12.1 Å². The quantitative estimate of drug-likeness (QED) is 0.767. The molecule has 0 saturated carbocycles. The van der Waals surface area contributed by atoms with Gasteiger partial charge in [0.25, 0.3) is 0 Å². The van der Waals surface area contributed by atoms with Crippen molar-refractivity contribution in [3.63, 3.8) is 0 Å². The number of rotatable bonds is 2. The fraction of sp³-hybridized carbons (Fsp3) is 0.125. The zero-order chi connectivity index (χ0) is 10.0. The summed E-state index contributed by atoms with van der Waals surface area (Å²) in [5.41, 5.74) is -0.245. The number of carboxylic acids is 1. The molecule has 0 aromatic heterocycles. The van der Waals surface area contributed by atoms with E-state index in [-0.39, 0.29) is 22.1 Å². The molecule has 0 aliphatic heterocycles. The Kier molecular flexibility index (Phi) is 2.63. The molecule has 0 saturated heterocycles. The molecule has 0 spiro atoms. The second kappa shape index (κ2) is 3.53. The van der Waals surface area contributed by atoms with Gasteiger partial charge in [-0.2, -0.15) is 0 Å². The van der Waals surface area contributed by atoms with Gasteiger partial charge in [0.1, 0.15) is 17.1 Å². The average Bonchev–Trinajstić information content (AvgIpc) is 2.07. The molecule has 5 heteroatoms. The molecule has 13 heavy (non-hydrogen) atoms. The predicted molar refractivity (Wildman–Crippen MR) is 46.6 cm³/mol. The van der Waals surface area contributed by atoms with Crippen molar-refractivity contribution < 1.29 is 19.7 Å². The lowest BCUT2D eigenvalue weighted by Gasteiger charge is -2.05. The molecule has 0 radical (unpaired) electrons. The number of carboxylic acid groups (broad SMARTS) is 1. The van der Waals surface area contributed by atoms with E-state index >= 15 is 0 Å². The number of benzene rings is 1. The fourth-order valence-corrected chi connectivity index (χ4v) is 1.11. The highest BCUT2D eigenvalue weighted by Gasteiger charge is 2.13. The van der Waals surface area contributed by atoms with Crippen LogP contribution in [-0.2, 0) is 0 Å². The zero-order valence-electron chi connectivity index (χ0n) is 6.74. The summed E-state index contributed by atoms with van der Waals surface area (Å²) in [7, 11) is 1.38. The lowest BCUT2D eigenvalue weighted by molar-refractivity contribution is 0.0693. The van der Waals surface area contributed by atoms with E-state index in [0.717, 1.165) is 12.1 Å². The Bertz CT molecular complexity index is 348. The number of methoxy groups -OCH3 is 1. The summed E-state index contributed by atoms with van der Waals surface area (Å²) in [4.78, 5) is 10.5. The van der Waals surface area contributed by atoms with Crippen LogP contribution in [0.2, 0.25) is 5.02 Å². The van der Waals surface area contributed by atoms with Crippen LogP contribution < -0.4 is 4.74 Å². The molecule has 4 nitrogen and oxygen atoms in total. The van der Waals surface area contributed by atoms with E-state index in [1.165, 1.54) is 7.11 Å². The molecule has 1 aromatic rings. The summed E-state index contributed by atoms with van der Waals surface area (Å²) < 4.78 is 4.78. The van der Waals surface area contributed by atoms with Crippen molar-refractivity contribution in [2.24, 2.45) is 0 Å². The van der Waals surface area contributed by atoms with Crippen molar-refractivity contribution in [2.75, 3.05) is 7.11 Å². The molecular weight excluding hydrogens is 196 g/mol. The summed E-state index contributed by atoms with van der Waals surface area (Å²) in [6.07, 6.45) is 0. The average molecular weight is 203 g/mol. The summed E-state index contributed by atoms with van der Waals surface area (Å²) >= 11 is 5.65. The van der Waals surface area contributed by atoms with Crippen molar-refractivity contribution >= 4 is 17.6 Å². The van der Waals surface area contributed by atoms with E-state index in [0.29, 0.717) is 0 Å². The van der Waals surface area contributed by atoms with Crippen LogP contribution in [0.3, 0.4) is 0 Å². The normalized spacial score (nSPS) is 9.69. The molecule has 0 amide bonds.